The Kier molecular flexibility index (Phi) is 12.3. The number of carboxylic acids is 1. The van der Waals surface area contributed by atoms with Crippen LogP contribution in [-0.4, -0.2) is 45.8 Å². The summed E-state index contributed by atoms with van der Waals surface area (Å²) in [5, 5.41) is 12.4. The molecule has 0 aliphatic carbocycles. The fraction of sp³-hybridized carbons (Fsp3) is 0.733. The van der Waals surface area contributed by atoms with Gasteiger partial charge < -0.3 is 19.3 Å². The minimum Gasteiger partial charge on any atom is -0.543 e. The number of amides is 1. The van der Waals surface area contributed by atoms with Gasteiger partial charge in [-0.25, -0.2) is 4.79 Å². The van der Waals surface area contributed by atoms with Gasteiger partial charge in [0.25, 0.3) is 8.32 Å². The number of hydrogen-bond donors (Lipinski definition) is 2. The van der Waals surface area contributed by atoms with Gasteiger partial charge in [-0.3, -0.25) is 4.79 Å². The van der Waals surface area contributed by atoms with Crippen LogP contribution in [0.3, 0.4) is 0 Å². The van der Waals surface area contributed by atoms with E-state index < -0.39 is 34.7 Å². The van der Waals surface area contributed by atoms with Crippen molar-refractivity contribution in [2.45, 2.75) is 136 Å². The average Bonchev–Trinajstić information content (AvgIpc) is 2.75. The Bertz CT molecular complexity index is 882. The predicted octanol–water partition coefficient (Wildman–Crippen LogP) is 7.79. The first kappa shape index (κ1) is 34.4. The topological polar surface area (TPSA) is 84.9 Å². The predicted molar refractivity (Wildman–Crippen MR) is 163 cm³/mol. The summed E-state index contributed by atoms with van der Waals surface area (Å²) in [5.74, 6) is -0.380. The van der Waals surface area contributed by atoms with Gasteiger partial charge in [0, 0.05) is 6.42 Å². The van der Waals surface area contributed by atoms with Gasteiger partial charge in [-0.1, -0.05) is 88.3 Å². The van der Waals surface area contributed by atoms with Crippen LogP contribution in [0.4, 0.5) is 0 Å². The van der Waals surface area contributed by atoms with Gasteiger partial charge in [0.15, 0.2) is 8.32 Å². The number of carbonyl (C=O) groups is 2. The smallest absolute Gasteiger partial charge is 0.326 e. The third-order valence-corrected chi connectivity index (χ3v) is 18.7. The minimum absolute atomic E-state index is 0.0914. The van der Waals surface area contributed by atoms with Crippen molar-refractivity contribution in [2.24, 2.45) is 5.92 Å². The maximum absolute atomic E-state index is 13.4. The first-order chi connectivity index (χ1) is 17.2. The molecule has 0 spiro atoms. The molecule has 2 N–H and O–H groups in total. The largest absolute Gasteiger partial charge is 0.543 e. The van der Waals surface area contributed by atoms with Crippen molar-refractivity contribution >= 4 is 28.5 Å². The zero-order valence-electron chi connectivity index (χ0n) is 26.3. The monoisotopic (exact) mass is 565 g/mol. The van der Waals surface area contributed by atoms with Crippen LogP contribution in [0.2, 0.25) is 34.8 Å². The summed E-state index contributed by atoms with van der Waals surface area (Å²) in [6.45, 7) is 28.1. The quantitative estimate of drug-likeness (QED) is 0.225. The van der Waals surface area contributed by atoms with Crippen LogP contribution in [0.25, 0.3) is 0 Å². The lowest BCUT2D eigenvalue weighted by Gasteiger charge is -2.42. The van der Waals surface area contributed by atoms with Crippen LogP contribution in [0.15, 0.2) is 24.3 Å². The van der Waals surface area contributed by atoms with Crippen molar-refractivity contribution in [3.63, 3.8) is 0 Å². The van der Waals surface area contributed by atoms with Gasteiger partial charge in [0.05, 0.1) is 0 Å². The number of rotatable bonds is 14. The van der Waals surface area contributed by atoms with Gasteiger partial charge >= 0.3 is 5.97 Å². The van der Waals surface area contributed by atoms with Crippen LogP contribution in [-0.2, 0) is 20.4 Å². The fourth-order valence-corrected chi connectivity index (χ4v) is 11.6. The number of carboxylic acid groups (broad SMARTS) is 1. The zero-order chi connectivity index (χ0) is 29.6. The van der Waals surface area contributed by atoms with Crippen molar-refractivity contribution in [1.82, 2.24) is 5.32 Å². The Morgan fingerprint density at radius 3 is 1.74 bits per heavy atom. The third-order valence-electron chi connectivity index (χ3n) is 8.20. The lowest BCUT2D eigenvalue weighted by atomic mass is 10.0. The zero-order valence-corrected chi connectivity index (χ0v) is 28.3. The minimum atomic E-state index is -2.30. The Hall–Kier alpha value is -1.65. The van der Waals surface area contributed by atoms with E-state index in [-0.39, 0.29) is 16.9 Å². The summed E-state index contributed by atoms with van der Waals surface area (Å²) in [7, 11) is -4.37. The highest BCUT2D eigenvalue weighted by Crippen LogP contribution is 2.43. The maximum Gasteiger partial charge on any atom is 0.326 e. The molecule has 1 aromatic rings. The number of aliphatic carboxylic acids is 1. The molecule has 218 valence electrons. The molecule has 38 heavy (non-hydrogen) atoms. The average molecular weight is 566 g/mol. The lowest BCUT2D eigenvalue weighted by molar-refractivity contribution is -0.143. The van der Waals surface area contributed by atoms with Crippen molar-refractivity contribution in [3.8, 4) is 5.75 Å². The van der Waals surface area contributed by atoms with Gasteiger partial charge in [0.2, 0.25) is 5.91 Å². The number of carbonyl (C=O) groups excluding carboxylic acids is 1. The van der Waals surface area contributed by atoms with E-state index in [9.17, 15) is 14.7 Å². The van der Waals surface area contributed by atoms with Crippen LogP contribution in [0.1, 0.15) is 88.1 Å². The van der Waals surface area contributed by atoms with E-state index in [1.54, 1.807) is 0 Å². The summed E-state index contributed by atoms with van der Waals surface area (Å²) in [6, 6.07) is 7.08. The normalized spacial score (nSPS) is 14.8. The highest BCUT2D eigenvalue weighted by molar-refractivity contribution is 6.78. The molecule has 1 aromatic carbocycles. The molecule has 0 radical (unpaired) electrons. The molecule has 0 fully saturated rings. The highest BCUT2D eigenvalue weighted by Gasteiger charge is 2.47. The molecular weight excluding hydrogens is 511 g/mol. The second-order valence-corrected chi connectivity index (χ2v) is 23.8. The molecular formula is C30H55NO5Si2. The molecule has 1 amide bonds. The Morgan fingerprint density at radius 1 is 0.895 bits per heavy atom. The molecule has 0 aliphatic heterocycles. The molecule has 0 saturated heterocycles. The molecule has 2 atom stereocenters. The lowest BCUT2D eigenvalue weighted by Crippen LogP contribution is -2.52. The first-order valence-electron chi connectivity index (χ1n) is 14.2. The SMILES string of the molecule is CC(C)C[C@H](NC(=O)[C@@H](Cc1ccc(O[Si](C(C)C)(C(C)C)C(C)C)cc1)O[Si](C)(C)C(C)(C)C)C(=O)O. The molecule has 6 nitrogen and oxygen atoms in total. The molecule has 8 heteroatoms. The molecule has 0 bridgehead atoms. The van der Waals surface area contributed by atoms with E-state index in [4.69, 9.17) is 8.85 Å². The highest BCUT2D eigenvalue weighted by atomic mass is 28.4. The molecule has 0 saturated carbocycles. The first-order valence-corrected chi connectivity index (χ1v) is 19.3. The van der Waals surface area contributed by atoms with E-state index in [0.717, 1.165) is 11.3 Å². The van der Waals surface area contributed by atoms with E-state index in [0.29, 0.717) is 29.5 Å². The third kappa shape index (κ3) is 8.95. The van der Waals surface area contributed by atoms with Gasteiger partial charge in [-0.2, -0.15) is 0 Å². The van der Waals surface area contributed by atoms with Crippen molar-refractivity contribution in [3.05, 3.63) is 29.8 Å². The van der Waals surface area contributed by atoms with Gasteiger partial charge in [-0.15, -0.1) is 0 Å². The Labute approximate surface area is 234 Å². The Balaban J connectivity index is 3.27. The van der Waals surface area contributed by atoms with E-state index in [1.807, 2.05) is 38.1 Å². The standard InChI is InChI=1S/C30H55NO5Si2/c1-20(2)18-26(29(33)34)31-28(32)27(36-37(12,13)30(9,10)11)19-24-14-16-25(17-15-24)35-38(21(3)4,22(5)6)23(7)8/h14-17,20-23,26-27H,18-19H2,1-13H3,(H,31,32)(H,33,34)/t26-,27+/m0/s1. The number of hydrogen-bond acceptors (Lipinski definition) is 4. The van der Waals surface area contributed by atoms with Crippen LogP contribution in [0, 0.1) is 5.92 Å². The van der Waals surface area contributed by atoms with Gasteiger partial charge in [-0.05, 0) is 64.8 Å². The summed E-state index contributed by atoms with van der Waals surface area (Å²) >= 11 is 0. The van der Waals surface area contributed by atoms with Crippen molar-refractivity contribution in [1.29, 1.82) is 0 Å². The second-order valence-electron chi connectivity index (χ2n) is 13.7. The molecule has 0 aromatic heterocycles. The van der Waals surface area contributed by atoms with E-state index in [1.165, 1.54) is 0 Å². The molecule has 0 aliphatic rings. The van der Waals surface area contributed by atoms with Crippen LogP contribution in [0.5, 0.6) is 5.75 Å². The fourth-order valence-electron chi connectivity index (χ4n) is 5.14. The Morgan fingerprint density at radius 2 is 1.37 bits per heavy atom. The summed E-state index contributed by atoms with van der Waals surface area (Å²) in [4.78, 5) is 25.3. The van der Waals surface area contributed by atoms with Crippen molar-refractivity contribution < 1.29 is 23.5 Å². The number of nitrogens with one attached hydrogen (secondary N) is 1. The summed E-state index contributed by atoms with van der Waals surface area (Å²) in [6.07, 6.45) is -0.0342. The summed E-state index contributed by atoms with van der Waals surface area (Å²) in [5.41, 5.74) is 2.38. The summed E-state index contributed by atoms with van der Waals surface area (Å²) < 4.78 is 13.4. The van der Waals surface area contributed by atoms with E-state index >= 15 is 0 Å². The van der Waals surface area contributed by atoms with Crippen LogP contribution < -0.4 is 9.74 Å². The number of benzene rings is 1. The van der Waals surface area contributed by atoms with Gasteiger partial charge in [0.1, 0.15) is 17.9 Å². The van der Waals surface area contributed by atoms with Crippen LogP contribution >= 0.6 is 0 Å². The van der Waals surface area contributed by atoms with Crippen molar-refractivity contribution in [2.75, 3.05) is 0 Å². The van der Waals surface area contributed by atoms with E-state index in [2.05, 4.69) is 80.7 Å². The maximum atomic E-state index is 13.4. The molecule has 0 heterocycles. The molecule has 0 unspecified atom stereocenters. The second kappa shape index (κ2) is 13.6. The molecule has 1 rings (SSSR count).